The van der Waals surface area contributed by atoms with Gasteiger partial charge in [0.15, 0.2) is 11.6 Å². The molecule has 4 heteroatoms. The van der Waals surface area contributed by atoms with Gasteiger partial charge in [0.1, 0.15) is 0 Å². The van der Waals surface area contributed by atoms with Crippen LogP contribution < -0.4 is 10.6 Å². The Hall–Kier alpha value is -1.16. The topological polar surface area (TPSA) is 42.1 Å². The summed E-state index contributed by atoms with van der Waals surface area (Å²) in [6.07, 6.45) is 5.58. The Labute approximate surface area is 101 Å². The first kappa shape index (κ1) is 11.0. The van der Waals surface area contributed by atoms with Gasteiger partial charge in [-0.1, -0.05) is 6.42 Å². The number of fused-ring (bicyclic) bond motifs is 1. The van der Waals surface area contributed by atoms with E-state index in [0.29, 0.717) is 11.4 Å². The highest BCUT2D eigenvalue weighted by Gasteiger charge is 2.37. The largest absolute Gasteiger partial charge is 0.354 e. The molecule has 2 fully saturated rings. The molecule has 0 bridgehead atoms. The van der Waals surface area contributed by atoms with E-state index in [0.717, 1.165) is 24.9 Å². The van der Waals surface area contributed by atoms with Crippen LogP contribution in [0, 0.1) is 17.7 Å². The maximum atomic E-state index is 14.1. The molecule has 1 aromatic rings. The fourth-order valence-corrected chi connectivity index (χ4v) is 3.26. The summed E-state index contributed by atoms with van der Waals surface area (Å²) < 4.78 is 14.1. The summed E-state index contributed by atoms with van der Waals surface area (Å²) in [6, 6.07) is 1.66. The predicted molar refractivity (Wildman–Crippen MR) is 65.1 cm³/mol. The van der Waals surface area contributed by atoms with E-state index in [2.05, 4.69) is 9.88 Å². The molecule has 1 aliphatic carbocycles. The summed E-state index contributed by atoms with van der Waals surface area (Å²) in [6.45, 7) is 2.16. The highest BCUT2D eigenvalue weighted by atomic mass is 19.1. The minimum Gasteiger partial charge on any atom is -0.354 e. The zero-order chi connectivity index (χ0) is 11.8. The average molecular weight is 235 g/mol. The maximum Gasteiger partial charge on any atom is 0.170 e. The molecule has 2 unspecified atom stereocenters. The van der Waals surface area contributed by atoms with Crippen molar-refractivity contribution in [3.05, 3.63) is 23.6 Å². The van der Waals surface area contributed by atoms with Crippen molar-refractivity contribution in [2.45, 2.75) is 25.8 Å². The second kappa shape index (κ2) is 4.26. The number of anilines is 1. The second-order valence-corrected chi connectivity index (χ2v) is 5.17. The van der Waals surface area contributed by atoms with Gasteiger partial charge in [-0.15, -0.1) is 0 Å². The lowest BCUT2D eigenvalue weighted by Crippen LogP contribution is -2.23. The molecule has 2 atom stereocenters. The Balaban J connectivity index is 1.85. The Kier molecular flexibility index (Phi) is 2.74. The first-order chi connectivity index (χ1) is 8.29. The van der Waals surface area contributed by atoms with Crippen LogP contribution in [0.3, 0.4) is 0 Å². The normalized spacial score (nSPS) is 27.5. The molecular formula is C13H18FN3. The van der Waals surface area contributed by atoms with E-state index >= 15 is 0 Å². The maximum absolute atomic E-state index is 14.1. The van der Waals surface area contributed by atoms with Crippen LogP contribution in [-0.2, 0) is 6.54 Å². The Morgan fingerprint density at radius 1 is 1.35 bits per heavy atom. The highest BCUT2D eigenvalue weighted by Crippen LogP contribution is 2.39. The third-order valence-electron chi connectivity index (χ3n) is 4.20. The summed E-state index contributed by atoms with van der Waals surface area (Å²) >= 11 is 0. The fraction of sp³-hybridized carbons (Fsp3) is 0.615. The average Bonchev–Trinajstić information content (AvgIpc) is 2.89. The van der Waals surface area contributed by atoms with Crippen molar-refractivity contribution < 1.29 is 4.39 Å². The number of halogens is 1. The third-order valence-corrected chi connectivity index (χ3v) is 4.20. The first-order valence-electron chi connectivity index (χ1n) is 6.38. The Bertz CT molecular complexity index is 409. The number of pyridine rings is 1. The van der Waals surface area contributed by atoms with Crippen LogP contribution >= 0.6 is 0 Å². The van der Waals surface area contributed by atoms with Gasteiger partial charge in [0.2, 0.25) is 0 Å². The molecule has 2 N–H and O–H groups in total. The van der Waals surface area contributed by atoms with Crippen LogP contribution in [0.5, 0.6) is 0 Å². The molecule has 3 nitrogen and oxygen atoms in total. The van der Waals surface area contributed by atoms with Crippen LogP contribution in [-0.4, -0.2) is 18.1 Å². The molecule has 1 aromatic heterocycles. The van der Waals surface area contributed by atoms with Crippen LogP contribution in [0.15, 0.2) is 12.3 Å². The van der Waals surface area contributed by atoms with Crippen LogP contribution in [0.4, 0.5) is 10.2 Å². The SMILES string of the molecule is NCc1ccnc(N2CC3CCCC3C2)c1F. The quantitative estimate of drug-likeness (QED) is 0.851. The zero-order valence-electron chi connectivity index (χ0n) is 9.90. The van der Waals surface area contributed by atoms with Gasteiger partial charge in [-0.3, -0.25) is 0 Å². The van der Waals surface area contributed by atoms with E-state index in [1.165, 1.54) is 19.3 Å². The van der Waals surface area contributed by atoms with Crippen LogP contribution in [0.25, 0.3) is 0 Å². The lowest BCUT2D eigenvalue weighted by Gasteiger charge is -2.19. The van der Waals surface area contributed by atoms with Crippen molar-refractivity contribution in [1.29, 1.82) is 0 Å². The van der Waals surface area contributed by atoms with E-state index < -0.39 is 0 Å². The van der Waals surface area contributed by atoms with Gasteiger partial charge in [-0.05, 0) is 30.7 Å². The number of hydrogen-bond donors (Lipinski definition) is 1. The monoisotopic (exact) mass is 235 g/mol. The van der Waals surface area contributed by atoms with Gasteiger partial charge >= 0.3 is 0 Å². The lowest BCUT2D eigenvalue weighted by atomic mass is 10.0. The van der Waals surface area contributed by atoms with Crippen LogP contribution in [0.1, 0.15) is 24.8 Å². The van der Waals surface area contributed by atoms with Crippen molar-refractivity contribution in [1.82, 2.24) is 4.98 Å². The molecule has 1 aliphatic heterocycles. The van der Waals surface area contributed by atoms with Crippen molar-refractivity contribution >= 4 is 5.82 Å². The molecular weight excluding hydrogens is 217 g/mol. The van der Waals surface area contributed by atoms with Crippen molar-refractivity contribution in [3.63, 3.8) is 0 Å². The van der Waals surface area contributed by atoms with Crippen molar-refractivity contribution in [3.8, 4) is 0 Å². The van der Waals surface area contributed by atoms with Gasteiger partial charge in [-0.25, -0.2) is 9.37 Å². The van der Waals surface area contributed by atoms with E-state index in [1.807, 2.05) is 0 Å². The van der Waals surface area contributed by atoms with E-state index in [-0.39, 0.29) is 12.4 Å². The molecule has 1 saturated carbocycles. The fourth-order valence-electron chi connectivity index (χ4n) is 3.26. The summed E-state index contributed by atoms with van der Waals surface area (Å²) in [5.74, 6) is 1.77. The predicted octanol–water partition coefficient (Wildman–Crippen LogP) is 1.92. The Morgan fingerprint density at radius 2 is 2.06 bits per heavy atom. The molecule has 0 aromatic carbocycles. The summed E-state index contributed by atoms with van der Waals surface area (Å²) in [7, 11) is 0. The molecule has 0 radical (unpaired) electrons. The number of rotatable bonds is 2. The molecule has 0 amide bonds. The minimum absolute atomic E-state index is 0.227. The summed E-state index contributed by atoms with van der Waals surface area (Å²) in [5, 5.41) is 0. The van der Waals surface area contributed by atoms with Crippen molar-refractivity contribution in [2.75, 3.05) is 18.0 Å². The van der Waals surface area contributed by atoms with Gasteiger partial charge in [0, 0.05) is 31.4 Å². The first-order valence-corrected chi connectivity index (χ1v) is 6.38. The Morgan fingerprint density at radius 3 is 2.71 bits per heavy atom. The smallest absolute Gasteiger partial charge is 0.170 e. The van der Waals surface area contributed by atoms with Gasteiger partial charge in [-0.2, -0.15) is 0 Å². The number of nitrogens with two attached hydrogens (primary N) is 1. The molecule has 2 heterocycles. The van der Waals surface area contributed by atoms with E-state index in [1.54, 1.807) is 12.3 Å². The van der Waals surface area contributed by atoms with Gasteiger partial charge < -0.3 is 10.6 Å². The standard InChI is InChI=1S/C13H18FN3/c14-12-9(6-15)4-5-16-13(12)17-7-10-2-1-3-11(10)8-17/h4-5,10-11H,1-3,6-8,15H2. The highest BCUT2D eigenvalue weighted by molar-refractivity contribution is 5.44. The zero-order valence-corrected chi connectivity index (χ0v) is 9.90. The molecule has 0 spiro atoms. The summed E-state index contributed by atoms with van der Waals surface area (Å²) in [5.41, 5.74) is 6.09. The third kappa shape index (κ3) is 1.80. The number of aromatic nitrogens is 1. The lowest BCUT2D eigenvalue weighted by molar-refractivity contribution is 0.494. The number of hydrogen-bond acceptors (Lipinski definition) is 3. The molecule has 1 saturated heterocycles. The summed E-state index contributed by atoms with van der Waals surface area (Å²) in [4.78, 5) is 6.29. The van der Waals surface area contributed by atoms with E-state index in [9.17, 15) is 4.39 Å². The molecule has 3 rings (SSSR count). The molecule has 2 aliphatic rings. The molecule has 92 valence electrons. The van der Waals surface area contributed by atoms with Crippen molar-refractivity contribution in [2.24, 2.45) is 17.6 Å². The van der Waals surface area contributed by atoms with Gasteiger partial charge in [0.25, 0.3) is 0 Å². The second-order valence-electron chi connectivity index (χ2n) is 5.17. The minimum atomic E-state index is -0.227. The molecule has 17 heavy (non-hydrogen) atoms. The van der Waals surface area contributed by atoms with Gasteiger partial charge in [0.05, 0.1) is 0 Å². The number of nitrogens with zero attached hydrogens (tertiary/aromatic N) is 2. The van der Waals surface area contributed by atoms with Crippen LogP contribution in [0.2, 0.25) is 0 Å². The van der Waals surface area contributed by atoms with E-state index in [4.69, 9.17) is 5.73 Å².